The summed E-state index contributed by atoms with van der Waals surface area (Å²) in [5.74, 6) is 0. The van der Waals surface area contributed by atoms with Crippen LogP contribution in [0.2, 0.25) is 0 Å². The van der Waals surface area contributed by atoms with Crippen molar-refractivity contribution in [2.24, 2.45) is 0 Å². The molecular weight excluding hydrogens is 248 g/mol. The molecule has 0 aromatic rings. The molecule has 1 aliphatic heterocycles. The average molecular weight is 278 g/mol. The fraction of sp³-hybridized carbons (Fsp3) is 0.938. The zero-order chi connectivity index (χ0) is 14.8. The number of nitriles is 1. The third-order valence-electron chi connectivity index (χ3n) is 4.95. The molecule has 4 nitrogen and oxygen atoms in total. The molecular formula is C16H30N4. The van der Waals surface area contributed by atoms with Crippen LogP contribution in [0, 0.1) is 11.3 Å². The van der Waals surface area contributed by atoms with E-state index in [2.05, 4.69) is 49.0 Å². The van der Waals surface area contributed by atoms with Crippen LogP contribution in [0.15, 0.2) is 0 Å². The molecule has 0 spiro atoms. The highest BCUT2D eigenvalue weighted by Crippen LogP contribution is 2.26. The highest BCUT2D eigenvalue weighted by Gasteiger charge is 2.36. The number of nitrogens with one attached hydrogen (secondary N) is 1. The zero-order valence-corrected chi connectivity index (χ0v) is 13.5. The number of hydrogen-bond acceptors (Lipinski definition) is 4. The Morgan fingerprint density at radius 2 is 2.10 bits per heavy atom. The minimum absolute atomic E-state index is 0.369. The van der Waals surface area contributed by atoms with Gasteiger partial charge in [-0.05, 0) is 46.6 Å². The maximum Gasteiger partial charge on any atom is 0.105 e. The van der Waals surface area contributed by atoms with E-state index in [0.29, 0.717) is 18.1 Å². The molecule has 0 aromatic heterocycles. The van der Waals surface area contributed by atoms with Crippen molar-refractivity contribution < 1.29 is 0 Å². The molecule has 3 atom stereocenters. The van der Waals surface area contributed by atoms with E-state index >= 15 is 0 Å². The summed E-state index contributed by atoms with van der Waals surface area (Å²) in [6, 6.07) is 4.22. The summed E-state index contributed by atoms with van der Waals surface area (Å²) in [5.41, 5.74) is -0.369. The molecule has 0 bridgehead atoms. The van der Waals surface area contributed by atoms with Crippen molar-refractivity contribution in [3.63, 3.8) is 0 Å². The summed E-state index contributed by atoms with van der Waals surface area (Å²) in [4.78, 5) is 5.04. The molecule has 2 rings (SSSR count). The molecule has 1 N–H and O–H groups in total. The monoisotopic (exact) mass is 278 g/mol. The second-order valence-corrected chi connectivity index (χ2v) is 6.95. The van der Waals surface area contributed by atoms with Crippen molar-refractivity contribution in [3.8, 4) is 6.07 Å². The van der Waals surface area contributed by atoms with Crippen LogP contribution in [0.5, 0.6) is 0 Å². The van der Waals surface area contributed by atoms with Crippen LogP contribution >= 0.6 is 0 Å². The van der Waals surface area contributed by atoms with Gasteiger partial charge in [0.15, 0.2) is 0 Å². The van der Waals surface area contributed by atoms with Crippen LogP contribution in [0.25, 0.3) is 0 Å². The quantitative estimate of drug-likeness (QED) is 0.805. The second kappa shape index (κ2) is 6.43. The maximum absolute atomic E-state index is 9.51. The molecule has 0 aromatic carbocycles. The Morgan fingerprint density at radius 1 is 1.40 bits per heavy atom. The lowest BCUT2D eigenvalue weighted by Crippen LogP contribution is -2.56. The van der Waals surface area contributed by atoms with Gasteiger partial charge in [-0.3, -0.25) is 10.2 Å². The van der Waals surface area contributed by atoms with Gasteiger partial charge < -0.3 is 4.90 Å². The lowest BCUT2D eigenvalue weighted by Gasteiger charge is -2.43. The third kappa shape index (κ3) is 3.94. The fourth-order valence-corrected chi connectivity index (χ4v) is 3.35. The Kier molecular flexibility index (Phi) is 5.06. The van der Waals surface area contributed by atoms with Crippen LogP contribution in [-0.2, 0) is 0 Å². The van der Waals surface area contributed by atoms with Crippen molar-refractivity contribution in [2.45, 2.75) is 70.1 Å². The largest absolute Gasteiger partial charge is 0.301 e. The molecule has 4 heteroatoms. The Bertz CT molecular complexity index is 360. The molecule has 3 unspecified atom stereocenters. The molecule has 2 aliphatic rings. The summed E-state index contributed by atoms with van der Waals surface area (Å²) < 4.78 is 0. The molecule has 20 heavy (non-hydrogen) atoms. The van der Waals surface area contributed by atoms with E-state index in [1.807, 2.05) is 0 Å². The van der Waals surface area contributed by atoms with Crippen LogP contribution in [0.4, 0.5) is 0 Å². The summed E-state index contributed by atoms with van der Waals surface area (Å²) >= 11 is 0. The van der Waals surface area contributed by atoms with Crippen molar-refractivity contribution >= 4 is 0 Å². The van der Waals surface area contributed by atoms with Gasteiger partial charge in [-0.25, -0.2) is 0 Å². The van der Waals surface area contributed by atoms with Gasteiger partial charge in [0.2, 0.25) is 0 Å². The Labute approximate surface area is 124 Å². The van der Waals surface area contributed by atoms with Crippen molar-refractivity contribution in [3.05, 3.63) is 0 Å². The normalized spacial score (nSPS) is 29.6. The minimum atomic E-state index is -0.369. The SMILES string of the molecule is CCC1CN(C(C)CC(C)(C#N)NC2CC2)CCN1C. The van der Waals surface area contributed by atoms with Gasteiger partial charge in [-0.1, -0.05) is 6.92 Å². The van der Waals surface area contributed by atoms with Crippen molar-refractivity contribution in [1.82, 2.24) is 15.1 Å². The number of likely N-dealkylation sites (N-methyl/N-ethyl adjacent to an activating group) is 1. The predicted molar refractivity (Wildman–Crippen MR) is 82.5 cm³/mol. The van der Waals surface area contributed by atoms with E-state index < -0.39 is 0 Å². The van der Waals surface area contributed by atoms with E-state index in [4.69, 9.17) is 0 Å². The molecule has 1 aliphatic carbocycles. The highest BCUT2D eigenvalue weighted by molar-refractivity contribution is 5.08. The lowest BCUT2D eigenvalue weighted by molar-refractivity contribution is 0.0588. The first kappa shape index (κ1) is 15.8. The van der Waals surface area contributed by atoms with Gasteiger partial charge in [0, 0.05) is 37.8 Å². The van der Waals surface area contributed by atoms with Gasteiger partial charge in [0.05, 0.1) is 6.07 Å². The Hall–Kier alpha value is -0.630. The van der Waals surface area contributed by atoms with Gasteiger partial charge in [-0.15, -0.1) is 0 Å². The van der Waals surface area contributed by atoms with Crippen LogP contribution in [0.3, 0.4) is 0 Å². The Morgan fingerprint density at radius 3 is 2.65 bits per heavy atom. The second-order valence-electron chi connectivity index (χ2n) is 6.95. The van der Waals surface area contributed by atoms with E-state index in [1.54, 1.807) is 0 Å². The Balaban J connectivity index is 1.89. The summed E-state index contributed by atoms with van der Waals surface area (Å²) in [6.45, 7) is 10.0. The van der Waals surface area contributed by atoms with E-state index in [1.165, 1.54) is 19.3 Å². The molecule has 1 heterocycles. The standard InChI is InChI=1S/C16H30N4/c1-5-15-11-20(9-8-19(15)4)13(2)10-16(3,12-17)18-14-6-7-14/h13-15,18H,5-11H2,1-4H3. The minimum Gasteiger partial charge on any atom is -0.301 e. The first-order valence-corrected chi connectivity index (χ1v) is 8.10. The van der Waals surface area contributed by atoms with Gasteiger partial charge in [0.25, 0.3) is 0 Å². The summed E-state index contributed by atoms with van der Waals surface area (Å²) in [6.07, 6.45) is 4.59. The number of rotatable bonds is 6. The van der Waals surface area contributed by atoms with E-state index in [9.17, 15) is 5.26 Å². The van der Waals surface area contributed by atoms with Crippen LogP contribution in [-0.4, -0.2) is 60.1 Å². The molecule has 2 fully saturated rings. The number of hydrogen-bond donors (Lipinski definition) is 1. The smallest absolute Gasteiger partial charge is 0.105 e. The summed E-state index contributed by atoms with van der Waals surface area (Å²) in [5, 5.41) is 13.0. The number of nitrogens with zero attached hydrogens (tertiary/aromatic N) is 3. The fourth-order valence-electron chi connectivity index (χ4n) is 3.35. The van der Waals surface area contributed by atoms with E-state index in [0.717, 1.165) is 26.1 Å². The maximum atomic E-state index is 9.51. The molecule has 114 valence electrons. The third-order valence-corrected chi connectivity index (χ3v) is 4.95. The first-order chi connectivity index (χ1) is 9.47. The van der Waals surface area contributed by atoms with Crippen LogP contribution < -0.4 is 5.32 Å². The first-order valence-electron chi connectivity index (χ1n) is 8.10. The lowest BCUT2D eigenvalue weighted by atomic mass is 9.93. The van der Waals surface area contributed by atoms with Gasteiger partial charge in [0.1, 0.15) is 5.54 Å². The zero-order valence-electron chi connectivity index (χ0n) is 13.5. The van der Waals surface area contributed by atoms with Crippen LogP contribution in [0.1, 0.15) is 46.5 Å². The molecule has 1 saturated heterocycles. The summed E-state index contributed by atoms with van der Waals surface area (Å²) in [7, 11) is 2.23. The topological polar surface area (TPSA) is 42.3 Å². The highest BCUT2D eigenvalue weighted by atomic mass is 15.3. The predicted octanol–water partition coefficient (Wildman–Crippen LogP) is 1.83. The average Bonchev–Trinajstić information content (AvgIpc) is 3.22. The molecule has 0 radical (unpaired) electrons. The van der Waals surface area contributed by atoms with Gasteiger partial charge >= 0.3 is 0 Å². The number of piperazine rings is 1. The van der Waals surface area contributed by atoms with E-state index in [-0.39, 0.29) is 5.54 Å². The molecule has 0 amide bonds. The van der Waals surface area contributed by atoms with Crippen molar-refractivity contribution in [1.29, 1.82) is 5.26 Å². The molecule has 1 saturated carbocycles. The van der Waals surface area contributed by atoms with Gasteiger partial charge in [-0.2, -0.15) is 5.26 Å². The van der Waals surface area contributed by atoms with Crippen molar-refractivity contribution in [2.75, 3.05) is 26.7 Å².